The molecule has 1 unspecified atom stereocenters. The minimum Gasteiger partial charge on any atom is -0.465 e. The van der Waals surface area contributed by atoms with Crippen LogP contribution in [-0.2, 0) is 4.79 Å². The van der Waals surface area contributed by atoms with Crippen molar-refractivity contribution >= 4 is 23.7 Å². The Balaban J connectivity index is 2.35. The van der Waals surface area contributed by atoms with E-state index in [4.69, 9.17) is 4.42 Å². The largest absolute Gasteiger partial charge is 0.465 e. The van der Waals surface area contributed by atoms with Crippen molar-refractivity contribution in [1.82, 2.24) is 5.32 Å². The molecule has 94 valence electrons. The molecule has 0 saturated carbocycles. The smallest absolute Gasteiger partial charge is 0.244 e. The summed E-state index contributed by atoms with van der Waals surface area (Å²) >= 11 is 1.54. The van der Waals surface area contributed by atoms with Crippen LogP contribution in [-0.4, -0.2) is 35.2 Å². The van der Waals surface area contributed by atoms with Gasteiger partial charge >= 0.3 is 0 Å². The molecule has 1 amide bonds. The van der Waals surface area contributed by atoms with E-state index in [0.717, 1.165) is 0 Å². The van der Waals surface area contributed by atoms with Crippen molar-refractivity contribution in [2.75, 3.05) is 18.6 Å². The number of thioether (sulfide) groups is 1. The fourth-order valence-electron chi connectivity index (χ4n) is 1.24. The summed E-state index contributed by atoms with van der Waals surface area (Å²) in [6.45, 7) is 1.93. The highest BCUT2D eigenvalue weighted by atomic mass is 32.2. The summed E-state index contributed by atoms with van der Waals surface area (Å²) in [5, 5.41) is 12.5. The second-order valence-corrected chi connectivity index (χ2v) is 4.86. The third-order valence-corrected chi connectivity index (χ3v) is 2.95. The summed E-state index contributed by atoms with van der Waals surface area (Å²) in [5.41, 5.74) is -0.881. The maximum atomic E-state index is 11.4. The molecular formula is C12H17NO3S. The van der Waals surface area contributed by atoms with Gasteiger partial charge in [0.05, 0.1) is 11.9 Å². The summed E-state index contributed by atoms with van der Waals surface area (Å²) in [4.78, 5) is 11.4. The van der Waals surface area contributed by atoms with Crippen molar-refractivity contribution in [3.8, 4) is 0 Å². The topological polar surface area (TPSA) is 62.5 Å². The second kappa shape index (κ2) is 6.51. The Morgan fingerprint density at radius 3 is 3.06 bits per heavy atom. The number of rotatable bonds is 6. The number of nitrogens with one attached hydrogen (secondary N) is 1. The SMILES string of the molecule is CSCC(C)(O)CNC(=O)/C=C/c1ccco1. The van der Waals surface area contributed by atoms with Crippen molar-refractivity contribution in [3.05, 3.63) is 30.2 Å². The van der Waals surface area contributed by atoms with E-state index in [2.05, 4.69) is 5.32 Å². The van der Waals surface area contributed by atoms with Gasteiger partial charge in [0.2, 0.25) is 5.91 Å². The van der Waals surface area contributed by atoms with E-state index in [1.807, 2.05) is 6.26 Å². The molecular weight excluding hydrogens is 238 g/mol. The Labute approximate surface area is 105 Å². The van der Waals surface area contributed by atoms with Crippen molar-refractivity contribution in [2.24, 2.45) is 0 Å². The van der Waals surface area contributed by atoms with Gasteiger partial charge in [-0.15, -0.1) is 0 Å². The van der Waals surface area contributed by atoms with Crippen LogP contribution in [0.25, 0.3) is 6.08 Å². The molecule has 0 aliphatic carbocycles. The molecule has 0 fully saturated rings. The van der Waals surface area contributed by atoms with E-state index in [1.54, 1.807) is 31.4 Å². The lowest BCUT2D eigenvalue weighted by Crippen LogP contribution is -2.41. The molecule has 0 aliphatic heterocycles. The number of carbonyl (C=O) groups is 1. The van der Waals surface area contributed by atoms with E-state index >= 15 is 0 Å². The average Bonchev–Trinajstić information content (AvgIpc) is 2.76. The number of furan rings is 1. The Hall–Kier alpha value is -1.20. The van der Waals surface area contributed by atoms with Crippen LogP contribution in [0.4, 0.5) is 0 Å². The zero-order valence-electron chi connectivity index (χ0n) is 9.97. The number of carbonyl (C=O) groups excluding carboxylic acids is 1. The monoisotopic (exact) mass is 255 g/mol. The first kappa shape index (κ1) is 13.9. The predicted molar refractivity (Wildman–Crippen MR) is 69.8 cm³/mol. The first-order chi connectivity index (χ1) is 8.03. The van der Waals surface area contributed by atoms with Crippen LogP contribution in [0.5, 0.6) is 0 Å². The van der Waals surface area contributed by atoms with E-state index in [1.165, 1.54) is 17.8 Å². The molecule has 0 bridgehead atoms. The Bertz CT molecular complexity index is 371. The minimum absolute atomic E-state index is 0.231. The molecule has 2 N–H and O–H groups in total. The Kier molecular flexibility index (Phi) is 5.31. The quantitative estimate of drug-likeness (QED) is 0.757. The van der Waals surface area contributed by atoms with Crippen LogP contribution < -0.4 is 5.32 Å². The van der Waals surface area contributed by atoms with Gasteiger partial charge in [-0.3, -0.25) is 4.79 Å². The van der Waals surface area contributed by atoms with Crippen LogP contribution in [0.3, 0.4) is 0 Å². The Morgan fingerprint density at radius 2 is 2.47 bits per heavy atom. The normalized spacial score (nSPS) is 14.8. The van der Waals surface area contributed by atoms with Gasteiger partial charge in [-0.05, 0) is 31.4 Å². The highest BCUT2D eigenvalue weighted by Gasteiger charge is 2.19. The molecule has 1 rings (SSSR count). The summed E-state index contributed by atoms with van der Waals surface area (Å²) in [6, 6.07) is 3.51. The van der Waals surface area contributed by atoms with E-state index in [0.29, 0.717) is 11.5 Å². The van der Waals surface area contributed by atoms with Gasteiger partial charge in [0, 0.05) is 18.4 Å². The summed E-state index contributed by atoms with van der Waals surface area (Å²) in [7, 11) is 0. The van der Waals surface area contributed by atoms with Crippen molar-refractivity contribution in [2.45, 2.75) is 12.5 Å². The number of hydrogen-bond acceptors (Lipinski definition) is 4. The van der Waals surface area contributed by atoms with E-state index in [-0.39, 0.29) is 12.5 Å². The van der Waals surface area contributed by atoms with Gasteiger partial charge in [-0.2, -0.15) is 11.8 Å². The lowest BCUT2D eigenvalue weighted by atomic mass is 10.1. The van der Waals surface area contributed by atoms with Gasteiger partial charge in [-0.1, -0.05) is 0 Å². The average molecular weight is 255 g/mol. The van der Waals surface area contributed by atoms with Gasteiger partial charge in [0.1, 0.15) is 5.76 Å². The third-order valence-electron chi connectivity index (χ3n) is 2.04. The van der Waals surface area contributed by atoms with Crippen LogP contribution in [0.1, 0.15) is 12.7 Å². The predicted octanol–water partition coefficient (Wildman–Crippen LogP) is 1.52. The molecule has 0 aliphatic rings. The zero-order valence-corrected chi connectivity index (χ0v) is 10.8. The molecule has 0 saturated heterocycles. The highest BCUT2D eigenvalue weighted by Crippen LogP contribution is 2.09. The molecule has 0 aromatic carbocycles. The molecule has 1 atom stereocenters. The first-order valence-electron chi connectivity index (χ1n) is 5.24. The molecule has 5 heteroatoms. The summed E-state index contributed by atoms with van der Waals surface area (Å²) < 4.78 is 5.05. The fourth-order valence-corrected chi connectivity index (χ4v) is 1.97. The van der Waals surface area contributed by atoms with E-state index in [9.17, 15) is 9.90 Å². The highest BCUT2D eigenvalue weighted by molar-refractivity contribution is 7.98. The lowest BCUT2D eigenvalue weighted by Gasteiger charge is -2.21. The number of amides is 1. The zero-order chi connectivity index (χ0) is 12.7. The van der Waals surface area contributed by atoms with Crippen LogP contribution in [0.15, 0.2) is 28.9 Å². The van der Waals surface area contributed by atoms with Crippen LogP contribution in [0.2, 0.25) is 0 Å². The maximum Gasteiger partial charge on any atom is 0.244 e. The van der Waals surface area contributed by atoms with Crippen molar-refractivity contribution in [1.29, 1.82) is 0 Å². The molecule has 17 heavy (non-hydrogen) atoms. The molecule has 1 aromatic heterocycles. The summed E-state index contributed by atoms with van der Waals surface area (Å²) in [6.07, 6.45) is 6.42. The molecule has 1 heterocycles. The summed E-state index contributed by atoms with van der Waals surface area (Å²) in [5.74, 6) is 0.952. The fraction of sp³-hybridized carbons (Fsp3) is 0.417. The molecule has 1 aromatic rings. The lowest BCUT2D eigenvalue weighted by molar-refractivity contribution is -0.117. The van der Waals surface area contributed by atoms with Crippen LogP contribution >= 0.6 is 11.8 Å². The maximum absolute atomic E-state index is 11.4. The molecule has 4 nitrogen and oxygen atoms in total. The number of hydrogen-bond donors (Lipinski definition) is 2. The van der Waals surface area contributed by atoms with Gasteiger partial charge in [0.15, 0.2) is 0 Å². The van der Waals surface area contributed by atoms with Gasteiger partial charge < -0.3 is 14.8 Å². The van der Waals surface area contributed by atoms with Crippen LogP contribution in [0, 0.1) is 0 Å². The third kappa shape index (κ3) is 5.60. The van der Waals surface area contributed by atoms with Gasteiger partial charge in [-0.25, -0.2) is 0 Å². The molecule has 0 radical (unpaired) electrons. The van der Waals surface area contributed by atoms with Gasteiger partial charge in [0.25, 0.3) is 0 Å². The standard InChI is InChI=1S/C12H17NO3S/c1-12(15,9-17-2)8-13-11(14)6-5-10-4-3-7-16-10/h3-7,15H,8-9H2,1-2H3,(H,13,14)/b6-5+. The molecule has 0 spiro atoms. The van der Waals surface area contributed by atoms with E-state index < -0.39 is 5.60 Å². The minimum atomic E-state index is -0.881. The number of aliphatic hydroxyl groups is 1. The Morgan fingerprint density at radius 1 is 1.71 bits per heavy atom. The van der Waals surface area contributed by atoms with Crippen molar-refractivity contribution in [3.63, 3.8) is 0 Å². The first-order valence-corrected chi connectivity index (χ1v) is 6.64. The van der Waals surface area contributed by atoms with Crippen molar-refractivity contribution < 1.29 is 14.3 Å². The second-order valence-electron chi connectivity index (χ2n) is 4.00.